The van der Waals surface area contributed by atoms with E-state index in [0.29, 0.717) is 11.5 Å². The number of rotatable bonds is 6. The van der Waals surface area contributed by atoms with E-state index in [1.807, 2.05) is 19.1 Å². The Morgan fingerprint density at radius 2 is 1.79 bits per heavy atom. The molecule has 0 spiro atoms. The Hall–Kier alpha value is -1.53. The van der Waals surface area contributed by atoms with E-state index in [4.69, 9.17) is 9.84 Å². The van der Waals surface area contributed by atoms with Crippen LogP contribution in [0.15, 0.2) is 46.9 Å². The van der Waals surface area contributed by atoms with Crippen LogP contribution in [0.2, 0.25) is 0 Å². The minimum Gasteiger partial charge on any atom is -0.457 e. The van der Waals surface area contributed by atoms with Crippen molar-refractivity contribution >= 4 is 15.9 Å². The zero-order valence-corrected chi connectivity index (χ0v) is 14.7. The van der Waals surface area contributed by atoms with Gasteiger partial charge in [0, 0.05) is 16.6 Å². The summed E-state index contributed by atoms with van der Waals surface area (Å²) in [5.74, 6) is -0.459. The van der Waals surface area contributed by atoms with Crippen molar-refractivity contribution in [1.29, 1.82) is 0 Å². The molecule has 0 saturated carbocycles. The van der Waals surface area contributed by atoms with Crippen LogP contribution in [0.25, 0.3) is 0 Å². The number of halogens is 4. The lowest BCUT2D eigenvalue weighted by molar-refractivity contribution is -0.152. The molecule has 2 nitrogen and oxygen atoms in total. The number of ether oxygens (including phenoxy) is 1. The van der Waals surface area contributed by atoms with E-state index >= 15 is 0 Å². The SMILES string of the molecule is Cc1c(Br)cccc1Oc1ccc(C(CCCO)C(F)(F)F)cc1. The summed E-state index contributed by atoms with van der Waals surface area (Å²) in [7, 11) is 0. The van der Waals surface area contributed by atoms with Crippen LogP contribution < -0.4 is 4.74 Å². The molecule has 0 aromatic heterocycles. The first-order valence-electron chi connectivity index (χ1n) is 7.53. The van der Waals surface area contributed by atoms with Crippen molar-refractivity contribution in [3.63, 3.8) is 0 Å². The molecule has 24 heavy (non-hydrogen) atoms. The smallest absolute Gasteiger partial charge is 0.395 e. The van der Waals surface area contributed by atoms with E-state index in [9.17, 15) is 13.2 Å². The third-order valence-corrected chi connectivity index (χ3v) is 4.63. The van der Waals surface area contributed by atoms with Gasteiger partial charge in [0.1, 0.15) is 11.5 Å². The summed E-state index contributed by atoms with van der Waals surface area (Å²) in [5.41, 5.74) is 1.09. The Kier molecular flexibility index (Phi) is 6.29. The molecule has 0 fully saturated rings. The molecule has 2 rings (SSSR count). The van der Waals surface area contributed by atoms with Gasteiger partial charge in [-0.1, -0.05) is 34.1 Å². The van der Waals surface area contributed by atoms with Gasteiger partial charge in [0.15, 0.2) is 0 Å². The maximum atomic E-state index is 13.2. The first kappa shape index (κ1) is 18.8. The molecular weight excluding hydrogens is 385 g/mol. The van der Waals surface area contributed by atoms with Crippen molar-refractivity contribution < 1.29 is 23.0 Å². The van der Waals surface area contributed by atoms with E-state index in [1.54, 1.807) is 6.07 Å². The van der Waals surface area contributed by atoms with Crippen LogP contribution in [-0.2, 0) is 0 Å². The van der Waals surface area contributed by atoms with Crippen molar-refractivity contribution in [3.05, 3.63) is 58.1 Å². The molecule has 1 unspecified atom stereocenters. The predicted molar refractivity (Wildman–Crippen MR) is 90.5 cm³/mol. The van der Waals surface area contributed by atoms with E-state index in [2.05, 4.69) is 15.9 Å². The first-order valence-corrected chi connectivity index (χ1v) is 8.32. The molecule has 130 valence electrons. The van der Waals surface area contributed by atoms with E-state index in [1.165, 1.54) is 24.3 Å². The molecule has 0 bridgehead atoms. The van der Waals surface area contributed by atoms with Gasteiger partial charge in [0.05, 0.1) is 5.92 Å². The maximum Gasteiger partial charge on any atom is 0.395 e. The normalized spacial score (nSPS) is 12.9. The number of hydrogen-bond donors (Lipinski definition) is 1. The van der Waals surface area contributed by atoms with Crippen molar-refractivity contribution in [3.8, 4) is 11.5 Å². The zero-order chi connectivity index (χ0) is 17.7. The number of benzene rings is 2. The fourth-order valence-electron chi connectivity index (χ4n) is 2.41. The fraction of sp³-hybridized carbons (Fsp3) is 0.333. The highest BCUT2D eigenvalue weighted by molar-refractivity contribution is 9.10. The van der Waals surface area contributed by atoms with Gasteiger partial charge in [0.25, 0.3) is 0 Å². The molecule has 0 aliphatic heterocycles. The molecule has 1 N–H and O–H groups in total. The Labute approximate surface area is 147 Å². The van der Waals surface area contributed by atoms with Crippen LogP contribution in [0.5, 0.6) is 11.5 Å². The molecule has 0 aliphatic carbocycles. The third-order valence-electron chi connectivity index (χ3n) is 3.77. The Morgan fingerprint density at radius 3 is 2.38 bits per heavy atom. The molecule has 2 aromatic carbocycles. The summed E-state index contributed by atoms with van der Waals surface area (Å²) in [5, 5.41) is 8.79. The van der Waals surface area contributed by atoms with Gasteiger partial charge in [-0.3, -0.25) is 0 Å². The average molecular weight is 403 g/mol. The van der Waals surface area contributed by atoms with Gasteiger partial charge >= 0.3 is 6.18 Å². The average Bonchev–Trinajstić information content (AvgIpc) is 2.52. The Morgan fingerprint density at radius 1 is 1.12 bits per heavy atom. The van der Waals surface area contributed by atoms with Crippen LogP contribution in [0.4, 0.5) is 13.2 Å². The van der Waals surface area contributed by atoms with E-state index < -0.39 is 12.1 Å². The largest absolute Gasteiger partial charge is 0.457 e. The summed E-state index contributed by atoms with van der Waals surface area (Å²) in [6.45, 7) is 1.64. The lowest BCUT2D eigenvalue weighted by Crippen LogP contribution is -2.21. The highest BCUT2D eigenvalue weighted by Gasteiger charge is 2.39. The number of aliphatic hydroxyl groups is 1. The lowest BCUT2D eigenvalue weighted by atomic mass is 9.93. The third kappa shape index (κ3) is 4.74. The van der Waals surface area contributed by atoms with Crippen LogP contribution in [0, 0.1) is 6.92 Å². The number of alkyl halides is 3. The summed E-state index contributed by atoms with van der Waals surface area (Å²) in [6, 6.07) is 11.4. The van der Waals surface area contributed by atoms with Crippen LogP contribution in [0.3, 0.4) is 0 Å². The highest BCUT2D eigenvalue weighted by atomic mass is 79.9. The van der Waals surface area contributed by atoms with Gasteiger partial charge < -0.3 is 9.84 Å². The molecule has 0 aliphatic rings. The number of aliphatic hydroxyl groups excluding tert-OH is 1. The summed E-state index contributed by atoms with van der Waals surface area (Å²) in [4.78, 5) is 0. The second-order valence-corrected chi connectivity index (χ2v) is 6.35. The maximum absolute atomic E-state index is 13.2. The van der Waals surface area contributed by atoms with Crippen molar-refractivity contribution in [2.45, 2.75) is 31.9 Å². The first-order chi connectivity index (χ1) is 11.3. The van der Waals surface area contributed by atoms with Gasteiger partial charge in [-0.15, -0.1) is 0 Å². The molecule has 0 radical (unpaired) electrons. The van der Waals surface area contributed by atoms with Gasteiger partial charge in [-0.25, -0.2) is 0 Å². The van der Waals surface area contributed by atoms with Crippen molar-refractivity contribution in [1.82, 2.24) is 0 Å². The second-order valence-electron chi connectivity index (χ2n) is 5.49. The zero-order valence-electron chi connectivity index (χ0n) is 13.1. The van der Waals surface area contributed by atoms with E-state index in [-0.39, 0.29) is 25.0 Å². The molecular formula is C18H18BrF3O2. The van der Waals surface area contributed by atoms with Crippen LogP contribution >= 0.6 is 15.9 Å². The summed E-state index contributed by atoms with van der Waals surface area (Å²) < 4.78 is 46.1. The minimum absolute atomic E-state index is 0.111. The number of hydrogen-bond acceptors (Lipinski definition) is 2. The highest BCUT2D eigenvalue weighted by Crippen LogP contribution is 2.39. The molecule has 0 amide bonds. The standard InChI is InChI=1S/C18H18BrF3O2/c1-12-16(19)5-2-6-17(12)24-14-9-7-13(8-10-14)15(4-3-11-23)18(20,21)22/h2,5-10,15,23H,3-4,11H2,1H3. The molecule has 0 saturated heterocycles. The minimum atomic E-state index is -4.33. The van der Waals surface area contributed by atoms with Gasteiger partial charge in [-0.05, 0) is 49.6 Å². The molecule has 6 heteroatoms. The molecule has 0 heterocycles. The topological polar surface area (TPSA) is 29.5 Å². The quantitative estimate of drug-likeness (QED) is 0.644. The summed E-state index contributed by atoms with van der Waals surface area (Å²) >= 11 is 3.41. The van der Waals surface area contributed by atoms with Gasteiger partial charge in [-0.2, -0.15) is 13.2 Å². The Balaban J connectivity index is 2.18. The lowest BCUT2D eigenvalue weighted by Gasteiger charge is -2.20. The van der Waals surface area contributed by atoms with E-state index in [0.717, 1.165) is 10.0 Å². The Bertz CT molecular complexity index is 669. The summed E-state index contributed by atoms with van der Waals surface area (Å²) in [6.07, 6.45) is -4.36. The van der Waals surface area contributed by atoms with Gasteiger partial charge in [0.2, 0.25) is 0 Å². The second kappa shape index (κ2) is 8.03. The monoisotopic (exact) mass is 402 g/mol. The predicted octanol–water partition coefficient (Wildman–Crippen LogP) is 5.97. The van der Waals surface area contributed by atoms with Crippen molar-refractivity contribution in [2.75, 3.05) is 6.61 Å². The fourth-order valence-corrected chi connectivity index (χ4v) is 2.76. The van der Waals surface area contributed by atoms with Crippen molar-refractivity contribution in [2.24, 2.45) is 0 Å². The molecule has 2 aromatic rings. The van der Waals surface area contributed by atoms with Crippen LogP contribution in [0.1, 0.15) is 29.9 Å². The van der Waals surface area contributed by atoms with Crippen LogP contribution in [-0.4, -0.2) is 17.9 Å². The molecule has 1 atom stereocenters.